The second kappa shape index (κ2) is 5.50. The lowest BCUT2D eigenvalue weighted by Crippen LogP contribution is -2.19. The second-order valence-corrected chi connectivity index (χ2v) is 5.93. The van der Waals surface area contributed by atoms with E-state index in [2.05, 4.69) is 46.4 Å². The highest BCUT2D eigenvalue weighted by atomic mass is 127. The lowest BCUT2D eigenvalue weighted by atomic mass is 10.0. The standard InChI is InChI=1S/C13H19IN2O/c1-3-8-5-6-9(7-8)12-15-10(4-2)11(14)13(17)16-12/h8-9H,3-7H2,1-2H3,(H,15,16,17). The van der Waals surface area contributed by atoms with Gasteiger partial charge in [-0.15, -0.1) is 0 Å². The molecule has 0 amide bonds. The predicted molar refractivity (Wildman–Crippen MR) is 77.3 cm³/mol. The Morgan fingerprint density at radius 1 is 1.41 bits per heavy atom. The van der Waals surface area contributed by atoms with Gasteiger partial charge in [0.1, 0.15) is 5.82 Å². The summed E-state index contributed by atoms with van der Waals surface area (Å²) in [7, 11) is 0. The molecule has 3 nitrogen and oxygen atoms in total. The van der Waals surface area contributed by atoms with Crippen molar-refractivity contribution in [3.63, 3.8) is 0 Å². The number of rotatable bonds is 3. The van der Waals surface area contributed by atoms with Gasteiger partial charge in [0, 0.05) is 5.92 Å². The van der Waals surface area contributed by atoms with Crippen molar-refractivity contribution in [3.05, 3.63) is 25.4 Å². The third-order valence-corrected chi connectivity index (χ3v) is 4.90. The molecule has 2 rings (SSSR count). The van der Waals surface area contributed by atoms with E-state index in [4.69, 9.17) is 0 Å². The molecule has 1 heterocycles. The maximum Gasteiger partial charge on any atom is 0.264 e. The number of aromatic amines is 1. The van der Waals surface area contributed by atoms with Gasteiger partial charge in [-0.1, -0.05) is 20.3 Å². The van der Waals surface area contributed by atoms with Crippen LogP contribution in [0.5, 0.6) is 0 Å². The van der Waals surface area contributed by atoms with Crippen LogP contribution in [0.1, 0.15) is 57.0 Å². The summed E-state index contributed by atoms with van der Waals surface area (Å²) in [6.07, 6.45) is 5.71. The lowest BCUT2D eigenvalue weighted by Gasteiger charge is -2.11. The number of hydrogen-bond donors (Lipinski definition) is 1. The Hall–Kier alpha value is -0.390. The highest BCUT2D eigenvalue weighted by Crippen LogP contribution is 2.38. The Bertz CT molecular complexity index is 455. The zero-order valence-corrected chi connectivity index (χ0v) is 12.6. The third kappa shape index (κ3) is 2.72. The van der Waals surface area contributed by atoms with Crippen molar-refractivity contribution >= 4 is 22.6 Å². The van der Waals surface area contributed by atoms with Crippen molar-refractivity contribution in [3.8, 4) is 0 Å². The van der Waals surface area contributed by atoms with Crippen LogP contribution in [0.25, 0.3) is 0 Å². The number of nitrogens with zero attached hydrogens (tertiary/aromatic N) is 1. The summed E-state index contributed by atoms with van der Waals surface area (Å²) in [5.41, 5.74) is 0.983. The van der Waals surface area contributed by atoms with E-state index in [-0.39, 0.29) is 5.56 Å². The molecule has 0 spiro atoms. The minimum absolute atomic E-state index is 0.0346. The monoisotopic (exact) mass is 346 g/mol. The lowest BCUT2D eigenvalue weighted by molar-refractivity contribution is 0.515. The molecule has 0 aromatic carbocycles. The van der Waals surface area contributed by atoms with Crippen LogP contribution in [0.3, 0.4) is 0 Å². The van der Waals surface area contributed by atoms with Crippen molar-refractivity contribution in [1.82, 2.24) is 9.97 Å². The van der Waals surface area contributed by atoms with Crippen LogP contribution in [-0.2, 0) is 6.42 Å². The number of H-pyrrole nitrogens is 1. The van der Waals surface area contributed by atoms with Gasteiger partial charge in [-0.3, -0.25) is 4.79 Å². The summed E-state index contributed by atoms with van der Waals surface area (Å²) >= 11 is 2.09. The summed E-state index contributed by atoms with van der Waals surface area (Å²) in [5.74, 6) is 2.20. The Labute approximate surface area is 116 Å². The maximum absolute atomic E-state index is 11.8. The second-order valence-electron chi connectivity index (χ2n) is 4.85. The fourth-order valence-corrected chi connectivity index (χ4v) is 3.28. The molecule has 2 unspecified atom stereocenters. The quantitative estimate of drug-likeness (QED) is 0.855. The molecular weight excluding hydrogens is 327 g/mol. The van der Waals surface area contributed by atoms with Crippen LogP contribution in [0.15, 0.2) is 4.79 Å². The highest BCUT2D eigenvalue weighted by Gasteiger charge is 2.26. The molecule has 1 aliphatic carbocycles. The molecule has 1 aromatic heterocycles. The first-order chi connectivity index (χ1) is 8.15. The van der Waals surface area contributed by atoms with Gasteiger partial charge >= 0.3 is 0 Å². The minimum Gasteiger partial charge on any atom is -0.309 e. The zero-order valence-electron chi connectivity index (χ0n) is 10.4. The minimum atomic E-state index is 0.0346. The third-order valence-electron chi connectivity index (χ3n) is 3.79. The Morgan fingerprint density at radius 2 is 2.18 bits per heavy atom. The number of hydrogen-bond acceptors (Lipinski definition) is 2. The van der Waals surface area contributed by atoms with E-state index in [1.807, 2.05) is 0 Å². The first-order valence-electron chi connectivity index (χ1n) is 6.44. The maximum atomic E-state index is 11.8. The molecule has 2 atom stereocenters. The number of nitrogens with one attached hydrogen (secondary N) is 1. The number of aromatic nitrogens is 2. The van der Waals surface area contributed by atoms with Gasteiger partial charge in [-0.25, -0.2) is 4.98 Å². The molecular formula is C13H19IN2O. The Balaban J connectivity index is 2.28. The normalized spacial score (nSPS) is 24.2. The van der Waals surface area contributed by atoms with Crippen molar-refractivity contribution in [1.29, 1.82) is 0 Å². The molecule has 17 heavy (non-hydrogen) atoms. The molecule has 1 N–H and O–H groups in total. The van der Waals surface area contributed by atoms with E-state index < -0.39 is 0 Å². The van der Waals surface area contributed by atoms with Gasteiger partial charge in [0.2, 0.25) is 0 Å². The number of halogens is 1. The molecule has 0 saturated heterocycles. The summed E-state index contributed by atoms with van der Waals surface area (Å²) in [5, 5.41) is 0. The van der Waals surface area contributed by atoms with Crippen LogP contribution in [-0.4, -0.2) is 9.97 Å². The Kier molecular flexibility index (Phi) is 4.22. The van der Waals surface area contributed by atoms with Gasteiger partial charge in [0.15, 0.2) is 0 Å². The summed E-state index contributed by atoms with van der Waals surface area (Å²) in [6.45, 7) is 4.30. The van der Waals surface area contributed by atoms with Crippen molar-refractivity contribution in [2.75, 3.05) is 0 Å². The fraction of sp³-hybridized carbons (Fsp3) is 0.692. The first-order valence-corrected chi connectivity index (χ1v) is 7.52. The summed E-state index contributed by atoms with van der Waals surface area (Å²) in [6, 6.07) is 0. The first kappa shape index (κ1) is 13.1. The van der Waals surface area contributed by atoms with Gasteiger partial charge < -0.3 is 4.98 Å². The van der Waals surface area contributed by atoms with E-state index in [1.54, 1.807) is 0 Å². The predicted octanol–water partition coefficient (Wildman–Crippen LogP) is 3.23. The number of aryl methyl sites for hydroxylation is 1. The SMILES string of the molecule is CCc1nc(C2CCC(CC)C2)[nH]c(=O)c1I. The van der Waals surface area contributed by atoms with Crippen LogP contribution in [0, 0.1) is 9.49 Å². The van der Waals surface area contributed by atoms with E-state index in [1.165, 1.54) is 25.7 Å². The zero-order chi connectivity index (χ0) is 12.4. The van der Waals surface area contributed by atoms with Gasteiger partial charge in [0.05, 0.1) is 9.26 Å². The topological polar surface area (TPSA) is 45.8 Å². The fourth-order valence-electron chi connectivity index (χ4n) is 2.65. The summed E-state index contributed by atoms with van der Waals surface area (Å²) in [4.78, 5) is 19.4. The summed E-state index contributed by atoms with van der Waals surface area (Å²) < 4.78 is 0.749. The van der Waals surface area contributed by atoms with E-state index in [9.17, 15) is 4.79 Å². The van der Waals surface area contributed by atoms with Crippen molar-refractivity contribution < 1.29 is 0 Å². The van der Waals surface area contributed by atoms with Crippen LogP contribution >= 0.6 is 22.6 Å². The molecule has 1 aliphatic rings. The molecule has 1 aromatic rings. The van der Waals surface area contributed by atoms with E-state index in [0.717, 1.165) is 27.4 Å². The van der Waals surface area contributed by atoms with E-state index >= 15 is 0 Å². The van der Waals surface area contributed by atoms with Crippen LogP contribution in [0.4, 0.5) is 0 Å². The molecule has 1 saturated carbocycles. The van der Waals surface area contributed by atoms with Gasteiger partial charge in [-0.2, -0.15) is 0 Å². The van der Waals surface area contributed by atoms with Crippen LogP contribution < -0.4 is 5.56 Å². The average Bonchev–Trinajstić information content (AvgIpc) is 2.81. The van der Waals surface area contributed by atoms with Crippen LogP contribution in [0.2, 0.25) is 0 Å². The molecule has 0 radical (unpaired) electrons. The van der Waals surface area contributed by atoms with Crippen molar-refractivity contribution in [2.24, 2.45) is 5.92 Å². The molecule has 0 aliphatic heterocycles. The smallest absolute Gasteiger partial charge is 0.264 e. The highest BCUT2D eigenvalue weighted by molar-refractivity contribution is 14.1. The van der Waals surface area contributed by atoms with Crippen molar-refractivity contribution in [2.45, 2.75) is 51.9 Å². The Morgan fingerprint density at radius 3 is 2.76 bits per heavy atom. The molecule has 4 heteroatoms. The largest absolute Gasteiger partial charge is 0.309 e. The molecule has 94 valence electrons. The van der Waals surface area contributed by atoms with Gasteiger partial charge in [0.25, 0.3) is 5.56 Å². The van der Waals surface area contributed by atoms with Gasteiger partial charge in [-0.05, 0) is 54.2 Å². The molecule has 0 bridgehead atoms. The average molecular weight is 346 g/mol. The van der Waals surface area contributed by atoms with E-state index in [0.29, 0.717) is 5.92 Å². The molecule has 1 fully saturated rings.